The zero-order valence-corrected chi connectivity index (χ0v) is 17.9. The van der Waals surface area contributed by atoms with Crippen LogP contribution in [0.2, 0.25) is 0 Å². The molecule has 1 atom stereocenters. The number of anilines is 1. The number of amides is 1. The molecule has 1 aliphatic rings. The highest BCUT2D eigenvalue weighted by Gasteiger charge is 2.30. The molecule has 0 saturated carbocycles. The van der Waals surface area contributed by atoms with Gasteiger partial charge in [-0.05, 0) is 13.3 Å². The van der Waals surface area contributed by atoms with Crippen LogP contribution in [0.4, 0.5) is 19.0 Å². The van der Waals surface area contributed by atoms with E-state index in [4.69, 9.17) is 0 Å². The van der Waals surface area contributed by atoms with Crippen molar-refractivity contribution in [3.8, 4) is 0 Å². The lowest BCUT2D eigenvalue weighted by Crippen LogP contribution is -2.35. The van der Waals surface area contributed by atoms with Gasteiger partial charge >= 0.3 is 6.18 Å². The lowest BCUT2D eigenvalue weighted by Gasteiger charge is -2.26. The molecule has 0 radical (unpaired) electrons. The second-order valence-corrected chi connectivity index (χ2v) is 7.99. The summed E-state index contributed by atoms with van der Waals surface area (Å²) in [6, 6.07) is 0.0170. The van der Waals surface area contributed by atoms with Crippen molar-refractivity contribution in [2.75, 3.05) is 11.9 Å². The third kappa shape index (κ3) is 4.23. The molecule has 4 heterocycles. The van der Waals surface area contributed by atoms with Gasteiger partial charge in [0.1, 0.15) is 24.5 Å². The van der Waals surface area contributed by atoms with Gasteiger partial charge in [-0.2, -0.15) is 13.2 Å². The van der Waals surface area contributed by atoms with Crippen LogP contribution in [0.1, 0.15) is 55.4 Å². The van der Waals surface area contributed by atoms with E-state index in [0.717, 1.165) is 24.5 Å². The summed E-state index contributed by atoms with van der Waals surface area (Å²) in [7, 11) is 0. The van der Waals surface area contributed by atoms with Gasteiger partial charge in [0, 0.05) is 31.5 Å². The molecule has 0 fully saturated rings. The molecule has 0 saturated heterocycles. The van der Waals surface area contributed by atoms with Crippen LogP contribution in [0.25, 0.3) is 11.2 Å². The molecule has 0 bridgehead atoms. The Hall–Kier alpha value is -3.25. The van der Waals surface area contributed by atoms with E-state index in [1.54, 1.807) is 6.92 Å². The van der Waals surface area contributed by atoms with Crippen molar-refractivity contribution in [2.45, 2.75) is 64.8 Å². The molecular weight excluding hydrogens is 427 g/mol. The Bertz CT molecular complexity index is 1140. The van der Waals surface area contributed by atoms with Crippen molar-refractivity contribution in [1.29, 1.82) is 0 Å². The minimum Gasteiger partial charge on any atom is -0.364 e. The fraction of sp³-hybridized carbons (Fsp3) is 0.579. The first-order chi connectivity index (χ1) is 15.2. The van der Waals surface area contributed by atoms with Gasteiger partial charge in [0.25, 0.3) is 5.91 Å². The molecular formula is C19H24F3N9O. The van der Waals surface area contributed by atoms with Crippen molar-refractivity contribution in [3.63, 3.8) is 0 Å². The van der Waals surface area contributed by atoms with Crippen LogP contribution in [0.3, 0.4) is 0 Å². The molecule has 0 unspecified atom stereocenters. The Morgan fingerprint density at radius 2 is 2.06 bits per heavy atom. The lowest BCUT2D eigenvalue weighted by molar-refractivity contribution is -0.123. The lowest BCUT2D eigenvalue weighted by atomic mass is 10.1. The molecule has 13 heteroatoms. The predicted molar refractivity (Wildman–Crippen MR) is 109 cm³/mol. The number of carbonyl (C=O) groups is 1. The maximum Gasteiger partial charge on any atom is 0.405 e. The average molecular weight is 451 g/mol. The van der Waals surface area contributed by atoms with E-state index in [0.29, 0.717) is 30.1 Å². The molecule has 0 aromatic carbocycles. The Labute approximate surface area is 181 Å². The number of fused-ring (bicyclic) bond motifs is 2. The third-order valence-corrected chi connectivity index (χ3v) is 5.33. The van der Waals surface area contributed by atoms with Crippen molar-refractivity contribution in [1.82, 2.24) is 39.6 Å². The minimum absolute atomic E-state index is 0.0170. The number of aromatic nitrogens is 7. The molecule has 0 spiro atoms. The average Bonchev–Trinajstić information content (AvgIpc) is 3.33. The van der Waals surface area contributed by atoms with Crippen molar-refractivity contribution >= 4 is 22.9 Å². The highest BCUT2D eigenvalue weighted by atomic mass is 19.4. The number of carbonyl (C=O) groups excluding carboxylic acids is 1. The summed E-state index contributed by atoms with van der Waals surface area (Å²) < 4.78 is 41.1. The van der Waals surface area contributed by atoms with E-state index in [2.05, 4.69) is 48.9 Å². The molecule has 172 valence electrons. The molecule has 4 rings (SSSR count). The monoisotopic (exact) mass is 451 g/mol. The fourth-order valence-corrected chi connectivity index (χ4v) is 3.86. The van der Waals surface area contributed by atoms with Gasteiger partial charge in [-0.3, -0.25) is 4.79 Å². The van der Waals surface area contributed by atoms with Crippen molar-refractivity contribution < 1.29 is 18.0 Å². The normalized spacial score (nSPS) is 16.4. The van der Waals surface area contributed by atoms with Gasteiger partial charge in [0.05, 0.1) is 0 Å². The number of hydrogen-bond donors (Lipinski definition) is 2. The topological polar surface area (TPSA) is 115 Å². The van der Waals surface area contributed by atoms with Crippen LogP contribution in [0.5, 0.6) is 0 Å². The van der Waals surface area contributed by atoms with E-state index in [1.165, 1.54) is 10.9 Å². The Morgan fingerprint density at radius 1 is 1.28 bits per heavy atom. The standard InChI is InChI=1S/C19H24F3N9O/c1-4-30-16-13(27-17(30)18(32)23-8-19(20,21)22)14(24-9-25-16)26-11-5-6-12-28-29-15(10(2)3)31(12)7-11/h9-11H,4-8H2,1-3H3,(H,23,32)(H,24,25,26)/t11-/m0/s1. The number of nitrogens with one attached hydrogen (secondary N) is 2. The minimum atomic E-state index is -4.51. The molecule has 1 amide bonds. The van der Waals surface area contributed by atoms with Gasteiger partial charge in [0.15, 0.2) is 17.0 Å². The quantitative estimate of drug-likeness (QED) is 0.591. The van der Waals surface area contributed by atoms with Crippen molar-refractivity contribution in [3.05, 3.63) is 23.8 Å². The molecule has 3 aromatic rings. The highest BCUT2D eigenvalue weighted by molar-refractivity contribution is 5.96. The number of halogens is 3. The third-order valence-electron chi connectivity index (χ3n) is 5.33. The first-order valence-corrected chi connectivity index (χ1v) is 10.4. The predicted octanol–water partition coefficient (Wildman–Crippen LogP) is 2.28. The first kappa shape index (κ1) is 22.0. The maximum absolute atomic E-state index is 12.5. The van der Waals surface area contributed by atoms with Gasteiger partial charge in [-0.1, -0.05) is 13.8 Å². The number of rotatable bonds is 6. The highest BCUT2D eigenvalue weighted by Crippen LogP contribution is 2.25. The smallest absolute Gasteiger partial charge is 0.364 e. The van der Waals surface area contributed by atoms with Crippen LogP contribution >= 0.6 is 0 Å². The summed E-state index contributed by atoms with van der Waals surface area (Å²) in [5.41, 5.74) is 0.718. The summed E-state index contributed by atoms with van der Waals surface area (Å²) in [6.07, 6.45) is -1.61. The largest absolute Gasteiger partial charge is 0.405 e. The second-order valence-electron chi connectivity index (χ2n) is 7.99. The maximum atomic E-state index is 12.5. The van der Waals surface area contributed by atoms with Gasteiger partial charge in [-0.25, -0.2) is 15.0 Å². The second kappa shape index (κ2) is 8.36. The summed E-state index contributed by atoms with van der Waals surface area (Å²) in [5, 5.41) is 13.8. The molecule has 0 aliphatic carbocycles. The molecule has 2 N–H and O–H groups in total. The number of hydrogen-bond acceptors (Lipinski definition) is 7. The zero-order valence-electron chi connectivity index (χ0n) is 17.9. The van der Waals surface area contributed by atoms with E-state index >= 15 is 0 Å². The Kier molecular flexibility index (Phi) is 5.73. The van der Waals surface area contributed by atoms with Gasteiger partial charge in [-0.15, -0.1) is 10.2 Å². The zero-order chi connectivity index (χ0) is 23.0. The van der Waals surface area contributed by atoms with Crippen LogP contribution in [-0.4, -0.2) is 59.0 Å². The van der Waals surface area contributed by atoms with Crippen LogP contribution in [0.15, 0.2) is 6.33 Å². The van der Waals surface area contributed by atoms with Crippen LogP contribution in [-0.2, 0) is 19.5 Å². The summed E-state index contributed by atoms with van der Waals surface area (Å²) in [5.74, 6) is 1.47. The van der Waals surface area contributed by atoms with Gasteiger partial charge in [0.2, 0.25) is 5.82 Å². The summed E-state index contributed by atoms with van der Waals surface area (Å²) in [6.45, 7) is 5.41. The number of imidazole rings is 1. The molecule has 3 aromatic heterocycles. The number of aryl methyl sites for hydroxylation is 2. The summed E-state index contributed by atoms with van der Waals surface area (Å²) in [4.78, 5) is 25.2. The van der Waals surface area contributed by atoms with E-state index in [9.17, 15) is 18.0 Å². The van der Waals surface area contributed by atoms with E-state index in [1.807, 2.05) is 5.32 Å². The van der Waals surface area contributed by atoms with Crippen LogP contribution < -0.4 is 10.6 Å². The first-order valence-electron chi connectivity index (χ1n) is 10.4. The molecule has 1 aliphatic heterocycles. The van der Waals surface area contributed by atoms with Crippen LogP contribution in [0, 0.1) is 0 Å². The Balaban J connectivity index is 1.61. The van der Waals surface area contributed by atoms with E-state index in [-0.39, 0.29) is 17.8 Å². The summed E-state index contributed by atoms with van der Waals surface area (Å²) >= 11 is 0. The SMILES string of the molecule is CCn1c(C(=O)NCC(F)(F)F)nc2c(N[C@H]3CCc4nnc(C(C)C)n4C3)ncnc21. The molecule has 10 nitrogen and oxygen atoms in total. The number of nitrogens with zero attached hydrogens (tertiary/aromatic N) is 7. The molecule has 32 heavy (non-hydrogen) atoms. The van der Waals surface area contributed by atoms with Crippen molar-refractivity contribution in [2.24, 2.45) is 0 Å². The number of alkyl halides is 3. The van der Waals surface area contributed by atoms with Gasteiger partial charge < -0.3 is 19.8 Å². The van der Waals surface area contributed by atoms with E-state index < -0.39 is 18.6 Å². The Morgan fingerprint density at radius 3 is 2.75 bits per heavy atom. The fourth-order valence-electron chi connectivity index (χ4n) is 3.86.